The van der Waals surface area contributed by atoms with E-state index >= 15 is 0 Å². The van der Waals surface area contributed by atoms with Crippen molar-refractivity contribution in [2.45, 2.75) is 32.3 Å². The third-order valence-corrected chi connectivity index (χ3v) is 4.49. The summed E-state index contributed by atoms with van der Waals surface area (Å²) >= 11 is 1.28. The van der Waals surface area contributed by atoms with Crippen molar-refractivity contribution in [1.29, 1.82) is 0 Å². The number of ether oxygens (including phenoxy) is 2. The topological polar surface area (TPSA) is 51.7 Å². The van der Waals surface area contributed by atoms with Gasteiger partial charge in [0.1, 0.15) is 17.4 Å². The number of hydrogen-bond donors (Lipinski definition) is 0. The Balaban J connectivity index is 1.56. The molecule has 1 aromatic heterocycles. The average Bonchev–Trinajstić information content (AvgIpc) is 3.14. The second kappa shape index (κ2) is 6.20. The van der Waals surface area contributed by atoms with Crippen molar-refractivity contribution in [3.05, 3.63) is 42.1 Å². The SMILES string of the molecule is CC(C)(C)c1ccc(OCC2CN(c3ccns3)C(=O)O2)cc1. The number of amides is 1. The van der Waals surface area contributed by atoms with Gasteiger partial charge in [-0.2, -0.15) is 4.37 Å². The lowest BCUT2D eigenvalue weighted by Crippen LogP contribution is -2.25. The molecule has 23 heavy (non-hydrogen) atoms. The maximum atomic E-state index is 11.9. The van der Waals surface area contributed by atoms with E-state index in [1.54, 1.807) is 17.2 Å². The van der Waals surface area contributed by atoms with Crippen LogP contribution in [0.1, 0.15) is 26.3 Å². The third kappa shape index (κ3) is 3.64. The van der Waals surface area contributed by atoms with Crippen molar-refractivity contribution < 1.29 is 14.3 Å². The summed E-state index contributed by atoms with van der Waals surface area (Å²) in [7, 11) is 0. The van der Waals surface area contributed by atoms with Crippen LogP contribution in [0.15, 0.2) is 36.5 Å². The molecule has 6 heteroatoms. The fourth-order valence-corrected chi connectivity index (χ4v) is 2.98. The highest BCUT2D eigenvalue weighted by Gasteiger charge is 2.33. The second-order valence-corrected chi connectivity index (χ2v) is 7.36. The van der Waals surface area contributed by atoms with E-state index in [1.807, 2.05) is 12.1 Å². The van der Waals surface area contributed by atoms with E-state index in [4.69, 9.17) is 9.47 Å². The van der Waals surface area contributed by atoms with E-state index in [0.29, 0.717) is 13.2 Å². The highest BCUT2D eigenvalue weighted by Crippen LogP contribution is 2.26. The summed E-state index contributed by atoms with van der Waals surface area (Å²) in [6.07, 6.45) is 1.06. The highest BCUT2D eigenvalue weighted by molar-refractivity contribution is 7.10. The lowest BCUT2D eigenvalue weighted by atomic mass is 9.87. The van der Waals surface area contributed by atoms with Gasteiger partial charge in [0.2, 0.25) is 0 Å². The van der Waals surface area contributed by atoms with Crippen molar-refractivity contribution in [3.8, 4) is 5.75 Å². The van der Waals surface area contributed by atoms with Crippen molar-refractivity contribution in [1.82, 2.24) is 4.37 Å². The molecule has 1 saturated heterocycles. The number of carbonyl (C=O) groups excluding carboxylic acids is 1. The number of benzene rings is 1. The number of cyclic esters (lactones) is 1. The minimum atomic E-state index is -0.342. The molecule has 1 aromatic carbocycles. The molecule has 0 aliphatic carbocycles. The largest absolute Gasteiger partial charge is 0.490 e. The summed E-state index contributed by atoms with van der Waals surface area (Å²) in [6.45, 7) is 7.36. The molecular formula is C17H20N2O3S. The van der Waals surface area contributed by atoms with Crippen LogP contribution in [0.4, 0.5) is 9.80 Å². The summed E-state index contributed by atoms with van der Waals surface area (Å²) in [6, 6.07) is 9.86. The zero-order valence-corrected chi connectivity index (χ0v) is 14.3. The molecule has 1 aliphatic heterocycles. The van der Waals surface area contributed by atoms with Gasteiger partial charge in [0.25, 0.3) is 0 Å². The van der Waals surface area contributed by atoms with Gasteiger partial charge < -0.3 is 9.47 Å². The minimum absolute atomic E-state index is 0.120. The van der Waals surface area contributed by atoms with Crippen LogP contribution in [0, 0.1) is 0 Å². The second-order valence-electron chi connectivity index (χ2n) is 6.55. The van der Waals surface area contributed by atoms with Crippen LogP contribution in [0.25, 0.3) is 0 Å². The monoisotopic (exact) mass is 332 g/mol. The fraction of sp³-hybridized carbons (Fsp3) is 0.412. The summed E-state index contributed by atoms with van der Waals surface area (Å²) in [5, 5.41) is 0.798. The van der Waals surface area contributed by atoms with Gasteiger partial charge in [-0.3, -0.25) is 4.90 Å². The van der Waals surface area contributed by atoms with Gasteiger partial charge >= 0.3 is 6.09 Å². The van der Waals surface area contributed by atoms with Gasteiger partial charge in [-0.25, -0.2) is 4.79 Å². The number of carbonyl (C=O) groups is 1. The van der Waals surface area contributed by atoms with E-state index in [9.17, 15) is 4.79 Å². The smallest absolute Gasteiger partial charge is 0.415 e. The third-order valence-electron chi connectivity index (χ3n) is 3.72. The lowest BCUT2D eigenvalue weighted by Gasteiger charge is -2.19. The van der Waals surface area contributed by atoms with E-state index in [0.717, 1.165) is 10.8 Å². The Morgan fingerprint density at radius 1 is 1.30 bits per heavy atom. The van der Waals surface area contributed by atoms with Crippen molar-refractivity contribution in [3.63, 3.8) is 0 Å². The van der Waals surface area contributed by atoms with Crippen LogP contribution < -0.4 is 9.64 Å². The molecule has 0 radical (unpaired) electrons. The summed E-state index contributed by atoms with van der Waals surface area (Å²) in [5.41, 5.74) is 1.38. The van der Waals surface area contributed by atoms with Gasteiger partial charge in [0.05, 0.1) is 6.54 Å². The molecule has 1 aliphatic rings. The van der Waals surface area contributed by atoms with Crippen LogP contribution in [0.5, 0.6) is 5.75 Å². The van der Waals surface area contributed by atoms with Gasteiger partial charge in [-0.15, -0.1) is 0 Å². The molecule has 1 amide bonds. The van der Waals surface area contributed by atoms with E-state index in [-0.39, 0.29) is 17.6 Å². The van der Waals surface area contributed by atoms with E-state index in [1.165, 1.54) is 17.1 Å². The van der Waals surface area contributed by atoms with E-state index < -0.39 is 0 Å². The Labute approximate surface area is 140 Å². The molecule has 1 atom stereocenters. The first-order valence-corrected chi connectivity index (χ1v) is 8.33. The lowest BCUT2D eigenvalue weighted by molar-refractivity contribution is 0.105. The first-order valence-electron chi connectivity index (χ1n) is 7.55. The normalized spacial score (nSPS) is 18.1. The van der Waals surface area contributed by atoms with Gasteiger partial charge in [-0.1, -0.05) is 32.9 Å². The molecule has 5 nitrogen and oxygen atoms in total. The number of rotatable bonds is 4. The zero-order valence-electron chi connectivity index (χ0n) is 13.5. The molecule has 1 unspecified atom stereocenters. The zero-order chi connectivity index (χ0) is 16.4. The van der Waals surface area contributed by atoms with Gasteiger partial charge in [0.15, 0.2) is 6.10 Å². The predicted octanol–water partition coefficient (Wildman–Crippen LogP) is 3.84. The van der Waals surface area contributed by atoms with Crippen LogP contribution in [0.2, 0.25) is 0 Å². The van der Waals surface area contributed by atoms with Crippen LogP contribution >= 0.6 is 11.5 Å². The first-order chi connectivity index (χ1) is 10.9. The molecule has 0 N–H and O–H groups in total. The fourth-order valence-electron chi connectivity index (χ4n) is 2.38. The molecule has 2 heterocycles. The summed E-state index contributed by atoms with van der Waals surface area (Å²) in [4.78, 5) is 13.5. The Bertz CT molecular complexity index is 662. The summed E-state index contributed by atoms with van der Waals surface area (Å²) < 4.78 is 15.1. The van der Waals surface area contributed by atoms with Crippen LogP contribution in [-0.4, -0.2) is 29.7 Å². The van der Waals surface area contributed by atoms with Crippen molar-refractivity contribution in [2.24, 2.45) is 0 Å². The molecule has 2 aromatic rings. The van der Waals surface area contributed by atoms with Gasteiger partial charge in [-0.05, 0) is 40.7 Å². The summed E-state index contributed by atoms with van der Waals surface area (Å²) in [5.74, 6) is 0.783. The predicted molar refractivity (Wildman–Crippen MR) is 90.4 cm³/mol. The quantitative estimate of drug-likeness (QED) is 0.853. The Morgan fingerprint density at radius 2 is 2.04 bits per heavy atom. The maximum absolute atomic E-state index is 11.9. The Hall–Kier alpha value is -2.08. The number of anilines is 1. The van der Waals surface area contributed by atoms with Crippen LogP contribution in [0.3, 0.4) is 0 Å². The maximum Gasteiger partial charge on any atom is 0.415 e. The first kappa shape index (κ1) is 15.8. The molecule has 1 fully saturated rings. The van der Waals surface area contributed by atoms with Crippen molar-refractivity contribution in [2.75, 3.05) is 18.1 Å². The van der Waals surface area contributed by atoms with Gasteiger partial charge in [0, 0.05) is 6.20 Å². The Kier molecular flexibility index (Phi) is 4.26. The molecule has 122 valence electrons. The standard InChI is InChI=1S/C17H20N2O3S/c1-17(2,3)12-4-6-13(7-5-12)21-11-14-10-19(16(20)22-14)15-8-9-18-23-15/h4-9,14H,10-11H2,1-3H3. The van der Waals surface area contributed by atoms with Crippen LogP contribution in [-0.2, 0) is 10.2 Å². The highest BCUT2D eigenvalue weighted by atomic mass is 32.1. The average molecular weight is 332 g/mol. The molecular weight excluding hydrogens is 312 g/mol. The van der Waals surface area contributed by atoms with E-state index in [2.05, 4.69) is 37.3 Å². The molecule has 0 spiro atoms. The Morgan fingerprint density at radius 3 is 2.65 bits per heavy atom. The number of nitrogens with zero attached hydrogens (tertiary/aromatic N) is 2. The molecule has 3 rings (SSSR count). The molecule has 0 bridgehead atoms. The number of aromatic nitrogens is 1. The number of hydrogen-bond acceptors (Lipinski definition) is 5. The van der Waals surface area contributed by atoms with Crippen molar-refractivity contribution >= 4 is 22.6 Å². The molecule has 0 saturated carbocycles. The minimum Gasteiger partial charge on any atom is -0.490 e.